The summed E-state index contributed by atoms with van der Waals surface area (Å²) >= 11 is 0. The molecule has 1 aromatic carbocycles. The highest BCUT2D eigenvalue weighted by Gasteiger charge is 2.22. The third-order valence-electron chi connectivity index (χ3n) is 2.90. The standard InChI is InChI=1S/C12H15FN2O/c1-8-9(13)4-2-5-10(8)15-12(16)11-6-3-7-14-11/h2,4-5,11,14H,3,6-7H2,1H3,(H,15,16)/t11-/m1/s1. The van der Waals surface area contributed by atoms with Crippen LogP contribution in [-0.2, 0) is 4.79 Å². The van der Waals surface area contributed by atoms with Crippen molar-refractivity contribution in [3.8, 4) is 0 Å². The Kier molecular flexibility index (Phi) is 3.19. The molecular formula is C12H15FN2O. The normalized spacial score (nSPS) is 19.8. The van der Waals surface area contributed by atoms with E-state index in [2.05, 4.69) is 10.6 Å². The van der Waals surface area contributed by atoms with Crippen LogP contribution < -0.4 is 10.6 Å². The van der Waals surface area contributed by atoms with Gasteiger partial charge in [0.1, 0.15) is 5.82 Å². The average Bonchev–Trinajstić information content (AvgIpc) is 2.78. The summed E-state index contributed by atoms with van der Waals surface area (Å²) in [5.74, 6) is -0.372. The predicted molar refractivity (Wildman–Crippen MR) is 60.8 cm³/mol. The number of carbonyl (C=O) groups excluding carboxylic acids is 1. The molecule has 86 valence electrons. The Hall–Kier alpha value is -1.42. The SMILES string of the molecule is Cc1c(F)cccc1NC(=O)[C@H]1CCCN1. The lowest BCUT2D eigenvalue weighted by Gasteiger charge is -2.13. The quantitative estimate of drug-likeness (QED) is 0.801. The third-order valence-corrected chi connectivity index (χ3v) is 2.90. The molecule has 16 heavy (non-hydrogen) atoms. The topological polar surface area (TPSA) is 41.1 Å². The van der Waals surface area contributed by atoms with Gasteiger partial charge in [-0.25, -0.2) is 4.39 Å². The van der Waals surface area contributed by atoms with Crippen molar-refractivity contribution in [3.63, 3.8) is 0 Å². The van der Waals surface area contributed by atoms with Gasteiger partial charge in [0.05, 0.1) is 6.04 Å². The first kappa shape index (κ1) is 11.1. The zero-order chi connectivity index (χ0) is 11.5. The van der Waals surface area contributed by atoms with Crippen LogP contribution in [0, 0.1) is 12.7 Å². The minimum Gasteiger partial charge on any atom is -0.324 e. The number of carbonyl (C=O) groups is 1. The van der Waals surface area contributed by atoms with Crippen LogP contribution in [0.1, 0.15) is 18.4 Å². The third kappa shape index (κ3) is 2.22. The highest BCUT2D eigenvalue weighted by atomic mass is 19.1. The second kappa shape index (κ2) is 4.61. The Labute approximate surface area is 94.0 Å². The van der Waals surface area contributed by atoms with Gasteiger partial charge in [0.2, 0.25) is 5.91 Å². The molecule has 0 unspecified atom stereocenters. The van der Waals surface area contributed by atoms with Crippen molar-refractivity contribution >= 4 is 11.6 Å². The fourth-order valence-corrected chi connectivity index (χ4v) is 1.87. The molecule has 1 saturated heterocycles. The van der Waals surface area contributed by atoms with Crippen LogP contribution in [0.5, 0.6) is 0 Å². The summed E-state index contributed by atoms with van der Waals surface area (Å²) in [7, 11) is 0. The van der Waals surface area contributed by atoms with E-state index in [1.165, 1.54) is 6.07 Å². The first-order chi connectivity index (χ1) is 7.68. The van der Waals surface area contributed by atoms with E-state index in [0.29, 0.717) is 11.3 Å². The lowest BCUT2D eigenvalue weighted by atomic mass is 10.1. The van der Waals surface area contributed by atoms with Crippen LogP contribution in [0.4, 0.5) is 10.1 Å². The zero-order valence-electron chi connectivity index (χ0n) is 9.22. The van der Waals surface area contributed by atoms with Crippen molar-refractivity contribution in [2.24, 2.45) is 0 Å². The molecule has 3 nitrogen and oxygen atoms in total. The molecule has 2 rings (SSSR count). The van der Waals surface area contributed by atoms with Gasteiger partial charge in [-0.15, -0.1) is 0 Å². The lowest BCUT2D eigenvalue weighted by Crippen LogP contribution is -2.35. The number of hydrogen-bond donors (Lipinski definition) is 2. The minimum atomic E-state index is -0.294. The van der Waals surface area contributed by atoms with Crippen LogP contribution >= 0.6 is 0 Å². The van der Waals surface area contributed by atoms with Gasteiger partial charge in [0.15, 0.2) is 0 Å². The summed E-state index contributed by atoms with van der Waals surface area (Å²) in [5, 5.41) is 5.86. The molecule has 1 heterocycles. The van der Waals surface area contributed by atoms with Crippen LogP contribution in [0.2, 0.25) is 0 Å². The minimum absolute atomic E-state index is 0.0776. The number of rotatable bonds is 2. The van der Waals surface area contributed by atoms with Gasteiger partial charge < -0.3 is 10.6 Å². The summed E-state index contributed by atoms with van der Waals surface area (Å²) in [5.41, 5.74) is 1.03. The number of benzene rings is 1. The van der Waals surface area contributed by atoms with Gasteiger partial charge in [0.25, 0.3) is 0 Å². The van der Waals surface area contributed by atoms with Crippen molar-refractivity contribution < 1.29 is 9.18 Å². The number of nitrogens with one attached hydrogen (secondary N) is 2. The number of halogens is 1. The second-order valence-corrected chi connectivity index (χ2v) is 4.05. The first-order valence-corrected chi connectivity index (χ1v) is 5.48. The summed E-state index contributed by atoms with van der Waals surface area (Å²) in [6.07, 6.45) is 1.86. The van der Waals surface area contributed by atoms with Crippen molar-refractivity contribution in [1.82, 2.24) is 5.32 Å². The molecule has 0 bridgehead atoms. The van der Waals surface area contributed by atoms with E-state index in [9.17, 15) is 9.18 Å². The fraction of sp³-hybridized carbons (Fsp3) is 0.417. The van der Waals surface area contributed by atoms with Gasteiger partial charge in [-0.2, -0.15) is 0 Å². The number of amides is 1. The highest BCUT2D eigenvalue weighted by molar-refractivity contribution is 5.95. The molecule has 1 aromatic rings. The van der Waals surface area contributed by atoms with E-state index in [-0.39, 0.29) is 17.8 Å². The molecule has 0 spiro atoms. The van der Waals surface area contributed by atoms with Gasteiger partial charge in [-0.3, -0.25) is 4.79 Å². The monoisotopic (exact) mass is 222 g/mol. The Morgan fingerprint density at radius 1 is 1.56 bits per heavy atom. The van der Waals surface area contributed by atoms with Crippen LogP contribution in [0.15, 0.2) is 18.2 Å². The van der Waals surface area contributed by atoms with E-state index in [0.717, 1.165) is 19.4 Å². The summed E-state index contributed by atoms with van der Waals surface area (Å²) in [6.45, 7) is 2.53. The van der Waals surface area contributed by atoms with Crippen molar-refractivity contribution in [3.05, 3.63) is 29.6 Å². The zero-order valence-corrected chi connectivity index (χ0v) is 9.22. The number of hydrogen-bond acceptors (Lipinski definition) is 2. The maximum absolute atomic E-state index is 13.2. The van der Waals surface area contributed by atoms with Gasteiger partial charge in [-0.05, 0) is 38.4 Å². The lowest BCUT2D eigenvalue weighted by molar-refractivity contribution is -0.117. The fourth-order valence-electron chi connectivity index (χ4n) is 1.87. The maximum Gasteiger partial charge on any atom is 0.241 e. The number of anilines is 1. The maximum atomic E-state index is 13.2. The van der Waals surface area contributed by atoms with Crippen molar-refractivity contribution in [1.29, 1.82) is 0 Å². The van der Waals surface area contributed by atoms with E-state index in [1.54, 1.807) is 19.1 Å². The molecule has 4 heteroatoms. The summed E-state index contributed by atoms with van der Waals surface area (Å²) < 4.78 is 13.2. The Morgan fingerprint density at radius 3 is 3.06 bits per heavy atom. The van der Waals surface area contributed by atoms with Crippen LogP contribution in [-0.4, -0.2) is 18.5 Å². The van der Waals surface area contributed by atoms with Crippen LogP contribution in [0.3, 0.4) is 0 Å². The molecule has 1 atom stereocenters. The van der Waals surface area contributed by atoms with Gasteiger partial charge in [-0.1, -0.05) is 6.07 Å². The Bertz CT molecular complexity index is 400. The molecule has 0 radical (unpaired) electrons. The second-order valence-electron chi connectivity index (χ2n) is 4.05. The molecular weight excluding hydrogens is 207 g/mol. The highest BCUT2D eigenvalue weighted by Crippen LogP contribution is 2.18. The van der Waals surface area contributed by atoms with E-state index in [4.69, 9.17) is 0 Å². The largest absolute Gasteiger partial charge is 0.324 e. The molecule has 0 saturated carbocycles. The van der Waals surface area contributed by atoms with Crippen molar-refractivity contribution in [2.75, 3.05) is 11.9 Å². The van der Waals surface area contributed by atoms with Crippen LogP contribution in [0.25, 0.3) is 0 Å². The molecule has 1 fully saturated rings. The summed E-state index contributed by atoms with van der Waals surface area (Å²) in [6, 6.07) is 4.56. The van der Waals surface area contributed by atoms with Gasteiger partial charge >= 0.3 is 0 Å². The Balaban J connectivity index is 2.08. The van der Waals surface area contributed by atoms with E-state index >= 15 is 0 Å². The predicted octanol–water partition coefficient (Wildman–Crippen LogP) is 1.82. The van der Waals surface area contributed by atoms with E-state index < -0.39 is 0 Å². The van der Waals surface area contributed by atoms with Gasteiger partial charge in [0, 0.05) is 11.3 Å². The molecule has 1 amide bonds. The Morgan fingerprint density at radius 2 is 2.38 bits per heavy atom. The van der Waals surface area contributed by atoms with E-state index in [1.807, 2.05) is 0 Å². The molecule has 1 aliphatic heterocycles. The smallest absolute Gasteiger partial charge is 0.241 e. The molecule has 0 aliphatic carbocycles. The summed E-state index contributed by atoms with van der Waals surface area (Å²) in [4.78, 5) is 11.8. The van der Waals surface area contributed by atoms with Crippen molar-refractivity contribution in [2.45, 2.75) is 25.8 Å². The molecule has 0 aromatic heterocycles. The molecule has 2 N–H and O–H groups in total. The molecule has 1 aliphatic rings. The first-order valence-electron chi connectivity index (χ1n) is 5.48. The average molecular weight is 222 g/mol.